The van der Waals surface area contributed by atoms with E-state index in [0.29, 0.717) is 42.2 Å². The molecular weight excluding hydrogens is 286 g/mol. The summed E-state index contributed by atoms with van der Waals surface area (Å²) in [6.07, 6.45) is 0.789. The first-order valence-corrected chi connectivity index (χ1v) is 6.72. The first-order valence-electron chi connectivity index (χ1n) is 5.94. The summed E-state index contributed by atoms with van der Waals surface area (Å²) in [6.45, 7) is 2.37. The maximum atomic E-state index is 6.07. The minimum Gasteiger partial charge on any atom is -0.492 e. The third kappa shape index (κ3) is 6.20. The Bertz CT molecular complexity index is 415. The Morgan fingerprint density at radius 2 is 2.05 bits per heavy atom. The van der Waals surface area contributed by atoms with Crippen molar-refractivity contribution in [3.05, 3.63) is 28.8 Å². The van der Waals surface area contributed by atoms with Crippen molar-refractivity contribution in [1.29, 1.82) is 0 Å². The molecule has 1 aromatic carbocycles. The lowest BCUT2D eigenvalue weighted by Gasteiger charge is -2.09. The van der Waals surface area contributed by atoms with Crippen molar-refractivity contribution in [3.8, 4) is 5.75 Å². The van der Waals surface area contributed by atoms with E-state index in [4.69, 9.17) is 43.8 Å². The minimum atomic E-state index is 0.319. The number of halogens is 1. The average Bonchev–Trinajstić information content (AvgIpc) is 2.39. The van der Waals surface area contributed by atoms with Crippen LogP contribution in [0.15, 0.2) is 18.2 Å². The highest BCUT2D eigenvalue weighted by Gasteiger charge is 2.04. The van der Waals surface area contributed by atoms with E-state index in [2.05, 4.69) is 0 Å². The van der Waals surface area contributed by atoms with Gasteiger partial charge in [-0.25, -0.2) is 0 Å². The van der Waals surface area contributed by atoms with Crippen molar-refractivity contribution in [1.82, 2.24) is 0 Å². The molecule has 0 bridgehead atoms. The van der Waals surface area contributed by atoms with Gasteiger partial charge < -0.3 is 19.9 Å². The molecule has 0 aliphatic heterocycles. The van der Waals surface area contributed by atoms with Crippen molar-refractivity contribution in [3.63, 3.8) is 0 Å². The predicted molar refractivity (Wildman–Crippen MR) is 80.1 cm³/mol. The molecule has 2 N–H and O–H groups in total. The van der Waals surface area contributed by atoms with Gasteiger partial charge in [0.2, 0.25) is 0 Å². The van der Waals surface area contributed by atoms with Crippen molar-refractivity contribution in [2.24, 2.45) is 5.73 Å². The first kappa shape index (κ1) is 16.2. The predicted octanol–water partition coefficient (Wildman–Crippen LogP) is 2.41. The fourth-order valence-corrected chi connectivity index (χ4v) is 1.72. The minimum absolute atomic E-state index is 0.319. The summed E-state index contributed by atoms with van der Waals surface area (Å²) >= 11 is 10.9. The summed E-state index contributed by atoms with van der Waals surface area (Å²) in [7, 11) is 1.64. The third-order valence-corrected chi connectivity index (χ3v) is 2.87. The topological polar surface area (TPSA) is 53.7 Å². The normalized spacial score (nSPS) is 10.4. The number of nitrogens with two attached hydrogens (primary N) is 1. The molecule has 0 heterocycles. The van der Waals surface area contributed by atoms with Crippen molar-refractivity contribution in [2.45, 2.75) is 6.42 Å². The molecule has 106 valence electrons. The third-order valence-electron chi connectivity index (χ3n) is 2.34. The van der Waals surface area contributed by atoms with Gasteiger partial charge in [-0.15, -0.1) is 0 Å². The van der Waals surface area contributed by atoms with E-state index < -0.39 is 0 Å². The number of rotatable bonds is 9. The number of methoxy groups -OCH3 is 1. The monoisotopic (exact) mass is 303 g/mol. The van der Waals surface area contributed by atoms with Crippen LogP contribution in [0, 0.1) is 0 Å². The fraction of sp³-hybridized carbons (Fsp3) is 0.462. The van der Waals surface area contributed by atoms with E-state index in [9.17, 15) is 0 Å². The second-order valence-corrected chi connectivity index (χ2v) is 4.66. The maximum absolute atomic E-state index is 6.07. The molecular formula is C13H18ClNO3S. The zero-order chi connectivity index (χ0) is 14.1. The van der Waals surface area contributed by atoms with E-state index in [0.717, 1.165) is 12.0 Å². The largest absolute Gasteiger partial charge is 0.492 e. The summed E-state index contributed by atoms with van der Waals surface area (Å²) in [5.41, 5.74) is 6.25. The molecule has 19 heavy (non-hydrogen) atoms. The Morgan fingerprint density at radius 3 is 2.68 bits per heavy atom. The Labute approximate surface area is 123 Å². The Kier molecular flexibility index (Phi) is 7.74. The van der Waals surface area contributed by atoms with E-state index >= 15 is 0 Å². The van der Waals surface area contributed by atoms with Gasteiger partial charge in [0.15, 0.2) is 0 Å². The summed E-state index contributed by atoms with van der Waals surface area (Å²) in [5, 5.41) is 0.505. The SMILES string of the molecule is COCCOCCCOc1ccc(C(N)=S)cc1Cl. The summed E-state index contributed by atoms with van der Waals surface area (Å²) in [4.78, 5) is 0.319. The van der Waals surface area contributed by atoms with Crippen LogP contribution in [0.2, 0.25) is 5.02 Å². The molecule has 0 atom stereocenters. The lowest BCUT2D eigenvalue weighted by molar-refractivity contribution is 0.0644. The van der Waals surface area contributed by atoms with E-state index in [1.165, 1.54) is 0 Å². The Balaban J connectivity index is 2.28. The molecule has 0 saturated carbocycles. The quantitative estimate of drug-likeness (QED) is 0.561. The maximum Gasteiger partial charge on any atom is 0.137 e. The van der Waals surface area contributed by atoms with Crippen LogP contribution in [0.3, 0.4) is 0 Å². The van der Waals surface area contributed by atoms with Crippen LogP contribution in [0.25, 0.3) is 0 Å². The molecule has 6 heteroatoms. The van der Waals surface area contributed by atoms with Gasteiger partial charge in [0.05, 0.1) is 24.8 Å². The second kappa shape index (κ2) is 9.09. The molecule has 4 nitrogen and oxygen atoms in total. The van der Waals surface area contributed by atoms with E-state index in [1.54, 1.807) is 25.3 Å². The molecule has 0 aromatic heterocycles. The van der Waals surface area contributed by atoms with Crippen molar-refractivity contribution in [2.75, 3.05) is 33.5 Å². The average molecular weight is 304 g/mol. The van der Waals surface area contributed by atoms with Gasteiger partial charge in [0, 0.05) is 25.7 Å². The van der Waals surface area contributed by atoms with Crippen LogP contribution in [0.4, 0.5) is 0 Å². The highest BCUT2D eigenvalue weighted by atomic mass is 35.5. The highest BCUT2D eigenvalue weighted by molar-refractivity contribution is 7.80. The number of ether oxygens (including phenoxy) is 3. The zero-order valence-corrected chi connectivity index (χ0v) is 12.4. The van der Waals surface area contributed by atoms with Gasteiger partial charge in [-0.3, -0.25) is 0 Å². The van der Waals surface area contributed by atoms with Crippen LogP contribution >= 0.6 is 23.8 Å². The number of hydrogen-bond donors (Lipinski definition) is 1. The first-order chi connectivity index (χ1) is 9.15. The molecule has 0 amide bonds. The molecule has 0 saturated heterocycles. The van der Waals surface area contributed by atoms with Gasteiger partial charge >= 0.3 is 0 Å². The van der Waals surface area contributed by atoms with Crippen LogP contribution in [-0.4, -0.2) is 38.5 Å². The number of thiocarbonyl (C=S) groups is 1. The smallest absolute Gasteiger partial charge is 0.137 e. The molecule has 0 radical (unpaired) electrons. The molecule has 0 fully saturated rings. The van der Waals surface area contributed by atoms with Crippen LogP contribution < -0.4 is 10.5 Å². The molecule has 0 spiro atoms. The molecule has 0 aliphatic rings. The fourth-order valence-electron chi connectivity index (χ4n) is 1.36. The molecule has 0 unspecified atom stereocenters. The van der Waals surface area contributed by atoms with E-state index in [1.807, 2.05) is 0 Å². The Morgan fingerprint density at radius 1 is 1.26 bits per heavy atom. The zero-order valence-electron chi connectivity index (χ0n) is 10.9. The highest BCUT2D eigenvalue weighted by Crippen LogP contribution is 2.25. The summed E-state index contributed by atoms with van der Waals surface area (Å²) in [5.74, 6) is 0.624. The molecule has 1 rings (SSSR count). The van der Waals surface area contributed by atoms with Gasteiger partial charge in [0.1, 0.15) is 10.7 Å². The molecule has 0 aliphatic carbocycles. The van der Waals surface area contributed by atoms with Crippen LogP contribution in [0.1, 0.15) is 12.0 Å². The van der Waals surface area contributed by atoms with Crippen LogP contribution in [0.5, 0.6) is 5.75 Å². The van der Waals surface area contributed by atoms with Crippen LogP contribution in [-0.2, 0) is 9.47 Å². The lowest BCUT2D eigenvalue weighted by Crippen LogP contribution is -2.09. The van der Waals surface area contributed by atoms with Crippen molar-refractivity contribution >= 4 is 28.8 Å². The van der Waals surface area contributed by atoms with Gasteiger partial charge in [0.25, 0.3) is 0 Å². The lowest BCUT2D eigenvalue weighted by atomic mass is 10.2. The standard InChI is InChI=1S/C13H18ClNO3S/c1-16-7-8-17-5-2-6-18-12-4-3-10(13(15)19)9-11(12)14/h3-4,9H,2,5-8H2,1H3,(H2,15,19). The summed E-state index contributed by atoms with van der Waals surface area (Å²) < 4.78 is 15.7. The molecule has 1 aromatic rings. The number of hydrogen-bond acceptors (Lipinski definition) is 4. The number of benzene rings is 1. The van der Waals surface area contributed by atoms with Gasteiger partial charge in [-0.1, -0.05) is 23.8 Å². The second-order valence-electron chi connectivity index (χ2n) is 3.82. The Hall–Kier alpha value is -0.880. The van der Waals surface area contributed by atoms with Gasteiger partial charge in [-0.2, -0.15) is 0 Å². The van der Waals surface area contributed by atoms with E-state index in [-0.39, 0.29) is 0 Å². The van der Waals surface area contributed by atoms with Crippen molar-refractivity contribution < 1.29 is 14.2 Å². The van der Waals surface area contributed by atoms with Gasteiger partial charge in [-0.05, 0) is 18.2 Å². The summed E-state index contributed by atoms with van der Waals surface area (Å²) in [6, 6.07) is 5.26.